The number of fused-ring (bicyclic) bond motifs is 1. The van der Waals surface area contributed by atoms with Crippen molar-refractivity contribution in [3.05, 3.63) is 65.4 Å². The zero-order valence-electron chi connectivity index (χ0n) is 13.5. The maximum atomic E-state index is 5.15. The monoisotopic (exact) mass is 305 g/mol. The summed E-state index contributed by atoms with van der Waals surface area (Å²) in [5, 5.41) is 5.42. The van der Waals surface area contributed by atoms with Crippen LogP contribution in [0.2, 0.25) is 0 Å². The van der Waals surface area contributed by atoms with E-state index < -0.39 is 0 Å². The number of methoxy groups -OCH3 is 1. The van der Waals surface area contributed by atoms with Gasteiger partial charge in [0.25, 0.3) is 0 Å². The van der Waals surface area contributed by atoms with Crippen LogP contribution in [0.15, 0.2) is 53.6 Å². The molecule has 0 saturated heterocycles. The second-order valence-electron chi connectivity index (χ2n) is 5.43. The number of para-hydroxylation sites is 1. The summed E-state index contributed by atoms with van der Waals surface area (Å²) in [5.41, 5.74) is 8.23. The van der Waals surface area contributed by atoms with E-state index in [2.05, 4.69) is 34.6 Å². The molecule has 0 fully saturated rings. The third-order valence-electron chi connectivity index (χ3n) is 3.68. The molecular formula is C19H19N3O. The molecule has 1 heterocycles. The van der Waals surface area contributed by atoms with Crippen LogP contribution in [0.5, 0.6) is 5.75 Å². The number of anilines is 1. The maximum Gasteiger partial charge on any atom is 0.118 e. The Morgan fingerprint density at radius 1 is 1.09 bits per heavy atom. The summed E-state index contributed by atoms with van der Waals surface area (Å²) in [6.45, 7) is 4.06. The van der Waals surface area contributed by atoms with E-state index in [0.29, 0.717) is 0 Å². The van der Waals surface area contributed by atoms with Gasteiger partial charge in [0.05, 0.1) is 24.5 Å². The van der Waals surface area contributed by atoms with Crippen LogP contribution >= 0.6 is 0 Å². The molecule has 0 aliphatic rings. The summed E-state index contributed by atoms with van der Waals surface area (Å²) in [4.78, 5) is 4.62. The Labute approximate surface area is 135 Å². The summed E-state index contributed by atoms with van der Waals surface area (Å²) < 4.78 is 5.15. The molecule has 116 valence electrons. The first-order valence-electron chi connectivity index (χ1n) is 7.47. The van der Waals surface area contributed by atoms with Crippen molar-refractivity contribution >= 4 is 22.8 Å². The number of nitrogens with one attached hydrogen (secondary N) is 1. The smallest absolute Gasteiger partial charge is 0.118 e. The fourth-order valence-corrected chi connectivity index (χ4v) is 2.48. The fourth-order valence-electron chi connectivity index (χ4n) is 2.48. The van der Waals surface area contributed by atoms with Crippen molar-refractivity contribution in [1.29, 1.82) is 0 Å². The first-order chi connectivity index (χ1) is 11.2. The van der Waals surface area contributed by atoms with Gasteiger partial charge in [-0.3, -0.25) is 10.4 Å². The van der Waals surface area contributed by atoms with Gasteiger partial charge in [0.1, 0.15) is 5.75 Å². The molecule has 0 amide bonds. The number of hydrogen-bond donors (Lipinski definition) is 1. The van der Waals surface area contributed by atoms with Crippen LogP contribution < -0.4 is 10.2 Å². The van der Waals surface area contributed by atoms with Gasteiger partial charge in [0.15, 0.2) is 0 Å². The van der Waals surface area contributed by atoms with Gasteiger partial charge in [-0.2, -0.15) is 5.10 Å². The molecule has 0 radical (unpaired) electrons. The number of ether oxygens (including phenoxy) is 1. The van der Waals surface area contributed by atoms with Gasteiger partial charge in [-0.25, -0.2) is 0 Å². The van der Waals surface area contributed by atoms with Crippen molar-refractivity contribution in [2.24, 2.45) is 5.10 Å². The Balaban J connectivity index is 1.86. The number of hydrazone groups is 1. The average Bonchev–Trinajstić information content (AvgIpc) is 2.56. The molecule has 0 atom stereocenters. The molecule has 0 saturated carbocycles. The van der Waals surface area contributed by atoms with Crippen molar-refractivity contribution in [2.75, 3.05) is 12.5 Å². The van der Waals surface area contributed by atoms with E-state index in [1.165, 1.54) is 0 Å². The van der Waals surface area contributed by atoms with E-state index in [4.69, 9.17) is 4.74 Å². The second kappa shape index (κ2) is 6.48. The van der Waals surface area contributed by atoms with E-state index in [9.17, 15) is 0 Å². The van der Waals surface area contributed by atoms with E-state index in [1.807, 2.05) is 43.3 Å². The number of nitrogens with zero attached hydrogens (tertiary/aromatic N) is 2. The zero-order chi connectivity index (χ0) is 16.2. The van der Waals surface area contributed by atoms with Gasteiger partial charge in [-0.05, 0) is 55.3 Å². The first kappa shape index (κ1) is 15.0. The van der Waals surface area contributed by atoms with Gasteiger partial charge in [-0.15, -0.1) is 0 Å². The summed E-state index contributed by atoms with van der Waals surface area (Å²) in [6, 6.07) is 15.9. The number of rotatable bonds is 4. The van der Waals surface area contributed by atoms with Crippen LogP contribution in [0, 0.1) is 13.8 Å². The topological polar surface area (TPSA) is 46.5 Å². The molecule has 3 rings (SSSR count). The predicted octanol–water partition coefficient (Wildman–Crippen LogP) is 4.31. The van der Waals surface area contributed by atoms with Gasteiger partial charge in [-0.1, -0.05) is 18.2 Å². The van der Waals surface area contributed by atoms with Crippen LogP contribution in [0.4, 0.5) is 5.69 Å². The number of hydrogen-bond acceptors (Lipinski definition) is 4. The molecule has 0 bridgehead atoms. The van der Waals surface area contributed by atoms with E-state index in [0.717, 1.165) is 39.2 Å². The minimum absolute atomic E-state index is 0.835. The number of aryl methyl sites for hydroxylation is 2. The lowest BCUT2D eigenvalue weighted by Gasteiger charge is -2.08. The highest BCUT2D eigenvalue weighted by atomic mass is 16.5. The SMILES string of the molecule is COc1ccc(/C=N/Nc2cc(C)nc3c(C)cccc23)cc1. The van der Waals surface area contributed by atoms with Crippen LogP contribution in [-0.2, 0) is 0 Å². The predicted molar refractivity (Wildman–Crippen MR) is 95.4 cm³/mol. The normalized spacial score (nSPS) is 11.1. The van der Waals surface area contributed by atoms with E-state index in [1.54, 1.807) is 13.3 Å². The molecule has 1 aromatic heterocycles. The lowest BCUT2D eigenvalue weighted by Crippen LogP contribution is -1.96. The van der Waals surface area contributed by atoms with E-state index in [-0.39, 0.29) is 0 Å². The van der Waals surface area contributed by atoms with Crippen LogP contribution in [0.1, 0.15) is 16.8 Å². The second-order valence-corrected chi connectivity index (χ2v) is 5.43. The summed E-state index contributed by atoms with van der Waals surface area (Å²) in [6.07, 6.45) is 1.79. The molecule has 4 nitrogen and oxygen atoms in total. The van der Waals surface area contributed by atoms with Gasteiger partial charge in [0.2, 0.25) is 0 Å². The minimum Gasteiger partial charge on any atom is -0.497 e. The van der Waals surface area contributed by atoms with E-state index >= 15 is 0 Å². The Bertz CT molecular complexity index is 854. The molecule has 0 aliphatic heterocycles. The maximum absolute atomic E-state index is 5.15. The third kappa shape index (κ3) is 3.31. The van der Waals surface area contributed by atoms with Crippen molar-refractivity contribution in [2.45, 2.75) is 13.8 Å². The molecule has 0 spiro atoms. The number of aromatic nitrogens is 1. The summed E-state index contributed by atoms with van der Waals surface area (Å²) in [5.74, 6) is 0.835. The van der Waals surface area contributed by atoms with Crippen LogP contribution in [0.25, 0.3) is 10.9 Å². The minimum atomic E-state index is 0.835. The zero-order valence-corrected chi connectivity index (χ0v) is 13.5. The van der Waals surface area contributed by atoms with Gasteiger partial charge >= 0.3 is 0 Å². The van der Waals surface area contributed by atoms with Crippen molar-refractivity contribution < 1.29 is 4.74 Å². The largest absolute Gasteiger partial charge is 0.497 e. The van der Waals surface area contributed by atoms with Crippen molar-refractivity contribution in [3.8, 4) is 5.75 Å². The Morgan fingerprint density at radius 2 is 1.87 bits per heavy atom. The number of pyridine rings is 1. The molecule has 4 heteroatoms. The molecular weight excluding hydrogens is 286 g/mol. The van der Waals surface area contributed by atoms with Gasteiger partial charge < -0.3 is 4.74 Å². The Morgan fingerprint density at radius 3 is 2.61 bits per heavy atom. The molecule has 23 heavy (non-hydrogen) atoms. The quantitative estimate of drug-likeness (QED) is 0.577. The lowest BCUT2D eigenvalue weighted by atomic mass is 10.1. The highest BCUT2D eigenvalue weighted by molar-refractivity contribution is 5.93. The molecule has 0 aliphatic carbocycles. The van der Waals surface area contributed by atoms with Crippen molar-refractivity contribution in [3.63, 3.8) is 0 Å². The molecule has 0 unspecified atom stereocenters. The van der Waals surface area contributed by atoms with Gasteiger partial charge in [0, 0.05) is 11.1 Å². The third-order valence-corrected chi connectivity index (χ3v) is 3.68. The van der Waals surface area contributed by atoms with Crippen LogP contribution in [0.3, 0.4) is 0 Å². The Kier molecular flexibility index (Phi) is 4.24. The first-order valence-corrected chi connectivity index (χ1v) is 7.47. The molecule has 1 N–H and O–H groups in total. The number of benzene rings is 2. The van der Waals surface area contributed by atoms with Crippen molar-refractivity contribution in [1.82, 2.24) is 4.98 Å². The highest BCUT2D eigenvalue weighted by Gasteiger charge is 2.05. The standard InChI is InChI=1S/C19H19N3O/c1-13-5-4-6-17-18(11-14(2)21-19(13)17)22-20-12-15-7-9-16(23-3)10-8-15/h4-12H,1-3H3,(H,21,22)/b20-12+. The van der Waals surface area contributed by atoms with Crippen LogP contribution in [-0.4, -0.2) is 18.3 Å². The lowest BCUT2D eigenvalue weighted by molar-refractivity contribution is 0.415. The fraction of sp³-hybridized carbons (Fsp3) is 0.158. The highest BCUT2D eigenvalue weighted by Crippen LogP contribution is 2.25. The Hall–Kier alpha value is -2.88. The molecule has 2 aromatic carbocycles. The summed E-state index contributed by atoms with van der Waals surface area (Å²) >= 11 is 0. The average molecular weight is 305 g/mol. The summed E-state index contributed by atoms with van der Waals surface area (Å²) in [7, 11) is 1.66. The molecule has 3 aromatic rings.